The van der Waals surface area contributed by atoms with E-state index in [1.807, 2.05) is 36.4 Å². The third kappa shape index (κ3) is 5.09. The van der Waals surface area contributed by atoms with Gasteiger partial charge in [0, 0.05) is 31.4 Å². The van der Waals surface area contributed by atoms with Crippen LogP contribution in [0.15, 0.2) is 48.5 Å². The summed E-state index contributed by atoms with van der Waals surface area (Å²) in [6.45, 7) is 4.49. The van der Waals surface area contributed by atoms with Gasteiger partial charge in [0.05, 0.1) is 13.2 Å². The van der Waals surface area contributed by atoms with Gasteiger partial charge in [0.1, 0.15) is 11.6 Å². The molecule has 0 radical (unpaired) electrons. The molecule has 0 aromatic heterocycles. The van der Waals surface area contributed by atoms with Gasteiger partial charge in [0.25, 0.3) is 5.91 Å². The van der Waals surface area contributed by atoms with Gasteiger partial charge in [-0.3, -0.25) is 9.59 Å². The van der Waals surface area contributed by atoms with Gasteiger partial charge in [-0.05, 0) is 49.9 Å². The molecule has 37 heavy (non-hydrogen) atoms. The van der Waals surface area contributed by atoms with Crippen LogP contribution in [-0.4, -0.2) is 83.7 Å². The van der Waals surface area contributed by atoms with Gasteiger partial charge in [-0.25, -0.2) is 9.59 Å². The fraction of sp³-hybridized carbons (Fsp3) is 0.407. The number of carbonyl (C=O) groups is 4. The third-order valence-corrected chi connectivity index (χ3v) is 7.33. The summed E-state index contributed by atoms with van der Waals surface area (Å²) in [5.41, 5.74) is 2.15. The van der Waals surface area contributed by atoms with Crippen molar-refractivity contribution in [1.82, 2.24) is 20.4 Å². The highest BCUT2D eigenvalue weighted by atomic mass is 16.4. The molecule has 10 heteroatoms. The van der Waals surface area contributed by atoms with Crippen LogP contribution in [0.5, 0.6) is 0 Å². The van der Waals surface area contributed by atoms with E-state index in [9.17, 15) is 24.3 Å². The number of hydrogen-bond donors (Lipinski definition) is 3. The van der Waals surface area contributed by atoms with E-state index >= 15 is 0 Å². The number of urea groups is 1. The molecule has 2 aromatic rings. The predicted octanol–water partition coefficient (Wildman–Crippen LogP) is 1.97. The molecular weight excluding hydrogens is 474 g/mol. The standard InChI is InChI=1S/C27H33N5O5/c1-18-8-7-9-19(2)22(18)23(33)29-21(24(34)35)16-28-26(37)31-14-12-27(13-15-31)25(36)30(3)17-32(27)20-10-5-4-6-11-20/h4-11,21H,12-17H2,1-3H3,(H,28,37)(H,29,33)(H,34,35). The first-order chi connectivity index (χ1) is 17.6. The number of para-hydroxylation sites is 1. The normalized spacial score (nSPS) is 17.6. The second kappa shape index (κ2) is 10.5. The summed E-state index contributed by atoms with van der Waals surface area (Å²) >= 11 is 0. The van der Waals surface area contributed by atoms with E-state index in [1.165, 1.54) is 0 Å². The van der Waals surface area contributed by atoms with E-state index in [-0.39, 0.29) is 12.5 Å². The van der Waals surface area contributed by atoms with Gasteiger partial charge in [-0.15, -0.1) is 0 Å². The summed E-state index contributed by atoms with van der Waals surface area (Å²) in [5.74, 6) is -1.70. The summed E-state index contributed by atoms with van der Waals surface area (Å²) in [7, 11) is 1.78. The van der Waals surface area contributed by atoms with E-state index in [0.717, 1.165) is 16.8 Å². The van der Waals surface area contributed by atoms with Crippen LogP contribution in [0.4, 0.5) is 10.5 Å². The zero-order valence-electron chi connectivity index (χ0n) is 21.4. The molecule has 2 fully saturated rings. The highest BCUT2D eigenvalue weighted by Crippen LogP contribution is 2.38. The lowest BCUT2D eigenvalue weighted by atomic mass is 9.85. The summed E-state index contributed by atoms with van der Waals surface area (Å²) in [4.78, 5) is 56.0. The first-order valence-electron chi connectivity index (χ1n) is 12.3. The van der Waals surface area contributed by atoms with Crippen molar-refractivity contribution in [2.45, 2.75) is 38.3 Å². The Morgan fingerprint density at radius 3 is 2.22 bits per heavy atom. The smallest absolute Gasteiger partial charge is 0.328 e. The quantitative estimate of drug-likeness (QED) is 0.550. The molecule has 0 bridgehead atoms. The maximum atomic E-state index is 13.2. The number of piperidine rings is 1. The van der Waals surface area contributed by atoms with Gasteiger partial charge >= 0.3 is 12.0 Å². The third-order valence-electron chi connectivity index (χ3n) is 7.33. The molecule has 4 amide bonds. The minimum atomic E-state index is -1.29. The van der Waals surface area contributed by atoms with Crippen LogP contribution < -0.4 is 15.5 Å². The van der Waals surface area contributed by atoms with Crippen LogP contribution >= 0.6 is 0 Å². The zero-order valence-corrected chi connectivity index (χ0v) is 21.4. The summed E-state index contributed by atoms with van der Waals surface area (Å²) < 4.78 is 0. The minimum absolute atomic E-state index is 0.0385. The van der Waals surface area contributed by atoms with Crippen molar-refractivity contribution in [1.29, 1.82) is 0 Å². The van der Waals surface area contributed by atoms with Crippen molar-refractivity contribution in [3.63, 3.8) is 0 Å². The molecule has 196 valence electrons. The minimum Gasteiger partial charge on any atom is -0.480 e. The second-order valence-electron chi connectivity index (χ2n) is 9.74. The Morgan fingerprint density at radius 2 is 1.62 bits per heavy atom. The van der Waals surface area contributed by atoms with E-state index in [0.29, 0.717) is 38.2 Å². The number of aliphatic carboxylic acids is 1. The molecule has 2 heterocycles. The average molecular weight is 508 g/mol. The number of anilines is 1. The molecule has 4 rings (SSSR count). The summed E-state index contributed by atoms with van der Waals surface area (Å²) in [5, 5.41) is 14.8. The number of likely N-dealkylation sites (tertiary alicyclic amines) is 1. The largest absolute Gasteiger partial charge is 0.480 e. The van der Waals surface area contributed by atoms with Gasteiger partial charge in [-0.1, -0.05) is 36.4 Å². The van der Waals surface area contributed by atoms with Gasteiger partial charge < -0.3 is 30.4 Å². The number of benzene rings is 2. The lowest BCUT2D eigenvalue weighted by Gasteiger charge is -2.43. The Kier molecular flexibility index (Phi) is 7.37. The number of carbonyl (C=O) groups excluding carboxylic acids is 3. The Morgan fingerprint density at radius 1 is 1.00 bits per heavy atom. The van der Waals surface area contributed by atoms with Gasteiger partial charge in [0.15, 0.2) is 0 Å². The average Bonchev–Trinajstić information content (AvgIpc) is 3.12. The van der Waals surface area contributed by atoms with Gasteiger partial charge in [0.2, 0.25) is 5.91 Å². The number of carboxylic acids is 1. The number of likely N-dealkylation sites (N-methyl/N-ethyl adjacent to an activating group) is 1. The van der Waals surface area contributed by atoms with E-state index < -0.39 is 29.5 Å². The fourth-order valence-corrected chi connectivity index (χ4v) is 5.29. The van der Waals surface area contributed by atoms with E-state index in [1.54, 1.807) is 42.8 Å². The highest BCUT2D eigenvalue weighted by Gasteiger charge is 2.53. The second-order valence-corrected chi connectivity index (χ2v) is 9.74. The Labute approximate surface area is 216 Å². The lowest BCUT2D eigenvalue weighted by Crippen LogP contribution is -2.59. The first-order valence-corrected chi connectivity index (χ1v) is 12.3. The highest BCUT2D eigenvalue weighted by molar-refractivity contribution is 5.99. The Hall–Kier alpha value is -4.08. The van der Waals surface area contributed by atoms with Gasteiger partial charge in [-0.2, -0.15) is 0 Å². The maximum absolute atomic E-state index is 13.2. The molecule has 3 N–H and O–H groups in total. The first kappa shape index (κ1) is 26.0. The molecule has 1 unspecified atom stereocenters. The molecular formula is C27H33N5O5. The fourth-order valence-electron chi connectivity index (χ4n) is 5.29. The molecule has 0 aliphatic carbocycles. The van der Waals surface area contributed by atoms with Crippen molar-refractivity contribution < 1.29 is 24.3 Å². The lowest BCUT2D eigenvalue weighted by molar-refractivity contribution is -0.139. The number of rotatable bonds is 6. The monoisotopic (exact) mass is 507 g/mol. The molecule has 2 saturated heterocycles. The molecule has 10 nitrogen and oxygen atoms in total. The van der Waals surface area contributed by atoms with Crippen molar-refractivity contribution in [3.8, 4) is 0 Å². The SMILES string of the molecule is Cc1cccc(C)c1C(=O)NC(CNC(=O)N1CCC2(CC1)C(=O)N(C)CN2c1ccccc1)C(=O)O. The number of aryl methyl sites for hydroxylation is 2. The van der Waals surface area contributed by atoms with Crippen molar-refractivity contribution in [3.05, 3.63) is 65.2 Å². The number of amides is 4. The van der Waals surface area contributed by atoms with Crippen LogP contribution in [-0.2, 0) is 9.59 Å². The molecule has 1 atom stereocenters. The van der Waals surface area contributed by atoms with Crippen LogP contribution in [0.3, 0.4) is 0 Å². The van der Waals surface area contributed by atoms with Crippen molar-refractivity contribution in [2.24, 2.45) is 0 Å². The van der Waals surface area contributed by atoms with Crippen LogP contribution in [0.1, 0.15) is 34.3 Å². The van der Waals surface area contributed by atoms with E-state index in [4.69, 9.17) is 0 Å². The molecule has 2 aromatic carbocycles. The van der Waals surface area contributed by atoms with Crippen LogP contribution in [0, 0.1) is 13.8 Å². The van der Waals surface area contributed by atoms with E-state index in [2.05, 4.69) is 15.5 Å². The van der Waals surface area contributed by atoms with Crippen molar-refractivity contribution >= 4 is 29.5 Å². The number of hydrogen-bond acceptors (Lipinski definition) is 5. The van der Waals surface area contributed by atoms with Crippen molar-refractivity contribution in [2.75, 3.05) is 38.3 Å². The summed E-state index contributed by atoms with van der Waals surface area (Å²) in [6, 6.07) is 13.5. The Balaban J connectivity index is 1.37. The topological polar surface area (TPSA) is 122 Å². The zero-order chi connectivity index (χ0) is 26.7. The number of nitrogens with one attached hydrogen (secondary N) is 2. The Bertz CT molecular complexity index is 1170. The van der Waals surface area contributed by atoms with Crippen LogP contribution in [0.2, 0.25) is 0 Å². The summed E-state index contributed by atoms with van der Waals surface area (Å²) in [6.07, 6.45) is 0.925. The molecule has 2 aliphatic heterocycles. The van der Waals surface area contributed by atoms with Crippen LogP contribution in [0.25, 0.3) is 0 Å². The number of carboxylic acid groups (broad SMARTS) is 1. The maximum Gasteiger partial charge on any atom is 0.328 e. The number of nitrogens with zero attached hydrogens (tertiary/aromatic N) is 3. The molecule has 1 spiro atoms. The molecule has 2 aliphatic rings. The molecule has 0 saturated carbocycles. The predicted molar refractivity (Wildman–Crippen MR) is 138 cm³/mol.